The average Bonchev–Trinajstić information content (AvgIpc) is 3.08. The van der Waals surface area contributed by atoms with E-state index in [2.05, 4.69) is 41.0 Å². The van der Waals surface area contributed by atoms with Crippen LogP contribution in [0.3, 0.4) is 0 Å². The van der Waals surface area contributed by atoms with E-state index < -0.39 is 10.0 Å². The van der Waals surface area contributed by atoms with Crippen LogP contribution in [0.25, 0.3) is 0 Å². The van der Waals surface area contributed by atoms with E-state index in [1.807, 2.05) is 6.92 Å². The summed E-state index contributed by atoms with van der Waals surface area (Å²) < 4.78 is 27.4. The molecule has 0 aliphatic heterocycles. The van der Waals surface area contributed by atoms with Crippen molar-refractivity contribution in [3.05, 3.63) is 11.3 Å². The lowest BCUT2D eigenvalue weighted by Crippen LogP contribution is -2.29. The van der Waals surface area contributed by atoms with E-state index in [4.69, 9.17) is 0 Å². The van der Waals surface area contributed by atoms with Crippen LogP contribution in [0.4, 0.5) is 0 Å². The molecule has 120 valence electrons. The van der Waals surface area contributed by atoms with Gasteiger partial charge in [0.2, 0.25) is 0 Å². The molecule has 2 rings (SSSR count). The molecule has 0 saturated heterocycles. The topological polar surface area (TPSA) is 86.9 Å². The Morgan fingerprint density at radius 3 is 2.57 bits per heavy atom. The summed E-state index contributed by atoms with van der Waals surface area (Å²) in [5.41, 5.74) is 1.64. The smallest absolute Gasteiger partial charge is 0.260 e. The maximum Gasteiger partial charge on any atom is 0.260 e. The van der Waals surface area contributed by atoms with Crippen molar-refractivity contribution < 1.29 is 8.42 Å². The Labute approximate surface area is 127 Å². The second-order valence-electron chi connectivity index (χ2n) is 7.00. The van der Waals surface area contributed by atoms with Gasteiger partial charge < -0.3 is 5.32 Å². The van der Waals surface area contributed by atoms with Crippen LogP contribution in [0, 0.1) is 12.3 Å². The number of aryl methyl sites for hydroxylation is 1. The van der Waals surface area contributed by atoms with Crippen LogP contribution in [0.15, 0.2) is 5.03 Å². The highest BCUT2D eigenvalue weighted by Crippen LogP contribution is 2.22. The molecule has 3 N–H and O–H groups in total. The zero-order valence-corrected chi connectivity index (χ0v) is 14.1. The lowest BCUT2D eigenvalue weighted by Gasteiger charge is -2.17. The second kappa shape index (κ2) is 6.06. The van der Waals surface area contributed by atoms with E-state index in [-0.39, 0.29) is 10.4 Å². The second-order valence-corrected chi connectivity index (χ2v) is 8.68. The van der Waals surface area contributed by atoms with Crippen LogP contribution in [-0.2, 0) is 16.6 Å². The third-order valence-electron chi connectivity index (χ3n) is 3.60. The van der Waals surface area contributed by atoms with Crippen molar-refractivity contribution in [2.45, 2.75) is 64.6 Å². The maximum absolute atomic E-state index is 12.4. The summed E-state index contributed by atoms with van der Waals surface area (Å²) >= 11 is 0. The Morgan fingerprint density at radius 1 is 1.33 bits per heavy atom. The van der Waals surface area contributed by atoms with Crippen LogP contribution in [0.1, 0.15) is 51.3 Å². The number of hydrogen-bond donors (Lipinski definition) is 3. The van der Waals surface area contributed by atoms with Crippen LogP contribution in [0.5, 0.6) is 0 Å². The standard InChI is InChI=1S/C14H26N4O2S/c1-10-12(9-15-11-5-6-11)13(18-17-10)21(19,20)16-8-7-14(2,3)4/h11,15-16H,5-9H2,1-4H3,(H,17,18). The van der Waals surface area contributed by atoms with Crippen molar-refractivity contribution >= 4 is 10.0 Å². The Kier molecular flexibility index (Phi) is 4.75. The SMILES string of the molecule is Cc1[nH]nc(S(=O)(=O)NCCC(C)(C)C)c1CNC1CC1. The van der Waals surface area contributed by atoms with Crippen molar-refractivity contribution in [2.24, 2.45) is 5.41 Å². The van der Waals surface area contributed by atoms with E-state index in [9.17, 15) is 8.42 Å². The van der Waals surface area contributed by atoms with Gasteiger partial charge in [-0.15, -0.1) is 0 Å². The van der Waals surface area contributed by atoms with Gasteiger partial charge in [0.15, 0.2) is 5.03 Å². The lowest BCUT2D eigenvalue weighted by molar-refractivity contribution is 0.378. The van der Waals surface area contributed by atoms with Crippen LogP contribution in [0.2, 0.25) is 0 Å². The summed E-state index contributed by atoms with van der Waals surface area (Å²) in [5, 5.41) is 10.2. The van der Waals surface area contributed by atoms with Gasteiger partial charge in [0.1, 0.15) is 0 Å². The quantitative estimate of drug-likeness (QED) is 0.715. The van der Waals surface area contributed by atoms with E-state index >= 15 is 0 Å². The maximum atomic E-state index is 12.4. The molecule has 6 nitrogen and oxygen atoms in total. The van der Waals surface area contributed by atoms with Gasteiger partial charge in [-0.2, -0.15) is 5.10 Å². The molecule has 1 saturated carbocycles. The molecule has 1 aromatic rings. The molecule has 0 atom stereocenters. The fourth-order valence-corrected chi connectivity index (χ4v) is 3.25. The molecule has 0 unspecified atom stereocenters. The molecule has 1 aliphatic rings. The minimum Gasteiger partial charge on any atom is -0.310 e. The summed E-state index contributed by atoms with van der Waals surface area (Å²) in [4.78, 5) is 0. The summed E-state index contributed by atoms with van der Waals surface area (Å²) in [6, 6.07) is 0.531. The molecule has 7 heteroatoms. The number of aromatic nitrogens is 2. The van der Waals surface area contributed by atoms with Gasteiger partial charge >= 0.3 is 0 Å². The van der Waals surface area contributed by atoms with E-state index in [1.165, 1.54) is 12.8 Å². The average molecular weight is 314 g/mol. The van der Waals surface area contributed by atoms with Gasteiger partial charge in [0.05, 0.1) is 0 Å². The molecule has 21 heavy (non-hydrogen) atoms. The summed E-state index contributed by atoms with van der Waals surface area (Å²) in [6.45, 7) is 9.09. The number of hydrogen-bond acceptors (Lipinski definition) is 4. The van der Waals surface area contributed by atoms with Crippen LogP contribution >= 0.6 is 0 Å². The normalized spacial score (nSPS) is 16.4. The third-order valence-corrected chi connectivity index (χ3v) is 5.03. The zero-order valence-electron chi connectivity index (χ0n) is 13.3. The van der Waals surface area contributed by atoms with Crippen molar-refractivity contribution in [3.8, 4) is 0 Å². The Bertz CT molecular complexity index is 583. The minimum absolute atomic E-state index is 0.0976. The van der Waals surface area contributed by atoms with Crippen molar-refractivity contribution in [2.75, 3.05) is 6.54 Å². The summed E-state index contributed by atoms with van der Waals surface area (Å²) in [7, 11) is -3.55. The van der Waals surface area contributed by atoms with Gasteiger partial charge in [-0.05, 0) is 31.6 Å². The Morgan fingerprint density at radius 2 is 2.00 bits per heavy atom. The van der Waals surface area contributed by atoms with Gasteiger partial charge in [0, 0.05) is 30.4 Å². The number of rotatable bonds is 7. The highest BCUT2D eigenvalue weighted by Gasteiger charge is 2.26. The first-order valence-corrected chi connectivity index (χ1v) is 8.94. The van der Waals surface area contributed by atoms with Crippen LogP contribution in [-0.4, -0.2) is 31.2 Å². The largest absolute Gasteiger partial charge is 0.310 e. The molecule has 1 heterocycles. The molecule has 0 spiro atoms. The Balaban J connectivity index is 2.04. The van der Waals surface area contributed by atoms with Gasteiger partial charge in [-0.25, -0.2) is 13.1 Å². The van der Waals surface area contributed by atoms with E-state index in [0.29, 0.717) is 19.1 Å². The highest BCUT2D eigenvalue weighted by molar-refractivity contribution is 7.89. The first kappa shape index (κ1) is 16.5. The van der Waals surface area contributed by atoms with Crippen molar-refractivity contribution in [1.29, 1.82) is 0 Å². The monoisotopic (exact) mass is 314 g/mol. The fraction of sp³-hybridized carbons (Fsp3) is 0.786. The molecule has 0 aromatic carbocycles. The molecule has 1 aromatic heterocycles. The zero-order chi connectivity index (χ0) is 15.7. The van der Waals surface area contributed by atoms with Gasteiger partial charge in [-0.1, -0.05) is 20.8 Å². The lowest BCUT2D eigenvalue weighted by atomic mass is 9.93. The van der Waals surface area contributed by atoms with Gasteiger partial charge in [-0.3, -0.25) is 5.10 Å². The third kappa shape index (κ3) is 4.79. The molecule has 0 radical (unpaired) electrons. The van der Waals surface area contributed by atoms with E-state index in [1.54, 1.807) is 0 Å². The first-order valence-electron chi connectivity index (χ1n) is 7.46. The molecular formula is C14H26N4O2S. The van der Waals surface area contributed by atoms with Crippen molar-refractivity contribution in [1.82, 2.24) is 20.2 Å². The number of aromatic amines is 1. The summed E-state index contributed by atoms with van der Waals surface area (Å²) in [5.74, 6) is 0. The van der Waals surface area contributed by atoms with Crippen molar-refractivity contribution in [3.63, 3.8) is 0 Å². The molecular weight excluding hydrogens is 288 g/mol. The predicted octanol–water partition coefficient (Wildman–Crippen LogP) is 1.68. The number of H-pyrrole nitrogens is 1. The summed E-state index contributed by atoms with van der Waals surface area (Å²) in [6.07, 6.45) is 3.12. The number of nitrogens with one attached hydrogen (secondary N) is 3. The molecule has 0 amide bonds. The van der Waals surface area contributed by atoms with Crippen LogP contribution < -0.4 is 10.0 Å². The Hall–Kier alpha value is -0.920. The van der Waals surface area contributed by atoms with Gasteiger partial charge in [0.25, 0.3) is 10.0 Å². The van der Waals surface area contributed by atoms with E-state index in [0.717, 1.165) is 17.7 Å². The predicted molar refractivity (Wildman–Crippen MR) is 82.4 cm³/mol. The molecule has 0 bridgehead atoms. The number of sulfonamides is 1. The number of nitrogens with zero attached hydrogens (tertiary/aromatic N) is 1. The highest BCUT2D eigenvalue weighted by atomic mass is 32.2. The minimum atomic E-state index is -3.55. The molecule has 1 fully saturated rings. The first-order chi connectivity index (χ1) is 9.69. The molecule has 1 aliphatic carbocycles. The fourth-order valence-electron chi connectivity index (χ4n) is 2.02.